The van der Waals surface area contributed by atoms with E-state index in [0.29, 0.717) is 44.2 Å². The Kier molecular flexibility index (Phi) is 18.5. The van der Waals surface area contributed by atoms with Gasteiger partial charge in [-0.3, -0.25) is 24.2 Å². The zero-order chi connectivity index (χ0) is 47.9. The molecule has 0 aliphatic carbocycles. The van der Waals surface area contributed by atoms with Gasteiger partial charge in [0.15, 0.2) is 11.9 Å². The summed E-state index contributed by atoms with van der Waals surface area (Å²) in [5, 5.41) is 11.2. The number of phenols is 1. The topological polar surface area (TPSA) is 181 Å². The Labute approximate surface area is 390 Å². The number of hydrogen-bond donors (Lipinski definition) is 2. The van der Waals surface area contributed by atoms with Crippen LogP contribution in [-0.4, -0.2) is 93.3 Å². The number of amides is 1. The van der Waals surface area contributed by atoms with Gasteiger partial charge in [0.25, 0.3) is 0 Å². The van der Waals surface area contributed by atoms with E-state index in [0.717, 1.165) is 70.3 Å². The van der Waals surface area contributed by atoms with Crippen LogP contribution in [0.25, 0.3) is 32.9 Å². The number of carbonyl (C=O) groups excluding carboxylic acids is 4. The number of rotatable bonds is 25. The number of terminal acetylenes is 1. The molecule has 2 aliphatic rings. The van der Waals surface area contributed by atoms with Crippen LogP contribution < -0.4 is 10.6 Å². The first-order valence-corrected chi connectivity index (χ1v) is 24.0. The molecule has 0 saturated carbocycles. The minimum absolute atomic E-state index is 0.0403. The number of nitrogens with one attached hydrogen (secondary N) is 1. The van der Waals surface area contributed by atoms with E-state index < -0.39 is 41.3 Å². The smallest absolute Gasteiger partial charge is 0.347 e. The number of phenolic OH excluding ortho intramolecular Hbond substituents is 1. The third kappa shape index (κ3) is 13.3. The van der Waals surface area contributed by atoms with Gasteiger partial charge in [-0.15, -0.1) is 6.42 Å². The van der Waals surface area contributed by atoms with Gasteiger partial charge in [0.05, 0.1) is 16.5 Å². The maximum absolute atomic E-state index is 16.5. The number of unbranched alkanes of at least 4 members (excludes halogenated alkanes) is 10. The number of piperazine rings is 1. The summed E-state index contributed by atoms with van der Waals surface area (Å²) in [6.45, 7) is 4.40. The zero-order valence-electron chi connectivity index (χ0n) is 38.7. The maximum atomic E-state index is 16.5. The van der Waals surface area contributed by atoms with E-state index in [4.69, 9.17) is 20.6 Å². The van der Waals surface area contributed by atoms with Crippen molar-refractivity contribution in [2.45, 2.75) is 154 Å². The fourth-order valence-corrected chi connectivity index (χ4v) is 9.22. The van der Waals surface area contributed by atoms with E-state index in [1.807, 2.05) is 9.80 Å². The molecule has 360 valence electrons. The number of nitrogens with zero attached hydrogens (tertiary/aromatic N) is 4. The van der Waals surface area contributed by atoms with E-state index in [1.54, 1.807) is 0 Å². The lowest BCUT2D eigenvalue weighted by molar-refractivity contribution is -0.167. The van der Waals surface area contributed by atoms with Crippen LogP contribution in [0.15, 0.2) is 35.3 Å². The van der Waals surface area contributed by atoms with Crippen molar-refractivity contribution in [3.05, 3.63) is 58.1 Å². The number of halogens is 2. The van der Waals surface area contributed by atoms with Crippen LogP contribution in [0, 0.1) is 24.0 Å². The third-order valence-corrected chi connectivity index (χ3v) is 12.6. The number of hydrogen-bond acceptors (Lipinski definition) is 12. The largest absolute Gasteiger partial charge is 0.508 e. The molecule has 0 spiro atoms. The van der Waals surface area contributed by atoms with Gasteiger partial charge in [0.2, 0.25) is 5.91 Å². The van der Waals surface area contributed by atoms with Crippen LogP contribution in [-0.2, 0) is 33.4 Å². The molecule has 2 fully saturated rings. The highest BCUT2D eigenvalue weighted by molar-refractivity contribution is 6.03. The van der Waals surface area contributed by atoms with Gasteiger partial charge in [-0.2, -0.15) is 4.98 Å². The Morgan fingerprint density at radius 2 is 1.43 bits per heavy atom. The molecule has 14 nitrogen and oxygen atoms in total. The first-order valence-electron chi connectivity index (χ1n) is 24.0. The average molecular weight is 928 g/mol. The molecule has 2 atom stereocenters. The van der Waals surface area contributed by atoms with Gasteiger partial charge in [-0.1, -0.05) is 90.0 Å². The summed E-state index contributed by atoms with van der Waals surface area (Å²) in [5.41, 5.74) is -1.35. The van der Waals surface area contributed by atoms with E-state index in [9.17, 15) is 33.5 Å². The summed E-state index contributed by atoms with van der Waals surface area (Å²) in [7, 11) is 0. The third-order valence-electron chi connectivity index (χ3n) is 12.6. The second-order valence-electron chi connectivity index (χ2n) is 17.7. The zero-order valence-corrected chi connectivity index (χ0v) is 38.7. The second-order valence-corrected chi connectivity index (χ2v) is 17.7. The quantitative estimate of drug-likeness (QED) is 0.0279. The summed E-state index contributed by atoms with van der Waals surface area (Å²) in [5.74, 6) is -0.921. The number of anilines is 1. The second kappa shape index (κ2) is 24.6. The van der Waals surface area contributed by atoms with Crippen LogP contribution in [0.3, 0.4) is 0 Å². The predicted molar refractivity (Wildman–Crippen MR) is 250 cm³/mol. The van der Waals surface area contributed by atoms with Crippen LogP contribution in [0.4, 0.5) is 14.6 Å². The fraction of sp³-hybridized carbons (Fsp3) is 0.549. The Morgan fingerprint density at radius 1 is 0.836 bits per heavy atom. The molecule has 4 aromatic rings. The van der Waals surface area contributed by atoms with Crippen molar-refractivity contribution in [3.8, 4) is 29.4 Å². The lowest BCUT2D eigenvalue weighted by atomic mass is 9.96. The molecule has 2 aliphatic heterocycles. The Balaban J connectivity index is 1.05. The molecule has 2 unspecified atom stereocenters. The molecule has 0 radical (unpaired) electrons. The number of esters is 3. The van der Waals surface area contributed by atoms with Gasteiger partial charge in [-0.25, -0.2) is 13.6 Å². The van der Waals surface area contributed by atoms with Gasteiger partial charge in [-0.05, 0) is 55.7 Å². The highest BCUT2D eigenvalue weighted by Gasteiger charge is 2.43. The molecular formula is C51H63F2N5O9. The number of carbonyl (C=O) groups is 4. The number of aromatic hydroxyl groups is 1. The van der Waals surface area contributed by atoms with Crippen LogP contribution >= 0.6 is 0 Å². The summed E-state index contributed by atoms with van der Waals surface area (Å²) in [4.78, 5) is 79.5. The number of aromatic nitrogens is 3. The number of benzene rings is 2. The van der Waals surface area contributed by atoms with Gasteiger partial charge >= 0.3 is 23.6 Å². The average Bonchev–Trinajstić information content (AvgIpc) is 3.58. The summed E-state index contributed by atoms with van der Waals surface area (Å²) in [6, 6.07) is 4.70. The summed E-state index contributed by atoms with van der Waals surface area (Å²) < 4.78 is 47.9. The molecule has 2 bridgehead atoms. The molecule has 4 heterocycles. The Morgan fingerprint density at radius 3 is 2.04 bits per heavy atom. The van der Waals surface area contributed by atoms with Gasteiger partial charge in [0.1, 0.15) is 36.3 Å². The van der Waals surface area contributed by atoms with Crippen molar-refractivity contribution in [3.63, 3.8) is 0 Å². The number of fused-ring (bicyclic) bond motifs is 4. The van der Waals surface area contributed by atoms with E-state index in [1.165, 1.54) is 24.4 Å². The van der Waals surface area contributed by atoms with Crippen molar-refractivity contribution in [1.82, 2.24) is 19.9 Å². The lowest BCUT2D eigenvalue weighted by Crippen LogP contribution is -2.56. The molecular weight excluding hydrogens is 865 g/mol. The maximum Gasteiger partial charge on any atom is 0.347 e. The number of ether oxygens (including phenoxy) is 3. The van der Waals surface area contributed by atoms with Crippen molar-refractivity contribution in [2.75, 3.05) is 31.2 Å². The van der Waals surface area contributed by atoms with Crippen molar-refractivity contribution in [1.29, 1.82) is 0 Å². The molecule has 1 amide bonds. The fourth-order valence-electron chi connectivity index (χ4n) is 9.22. The van der Waals surface area contributed by atoms with E-state index in [-0.39, 0.29) is 108 Å². The highest BCUT2D eigenvalue weighted by Crippen LogP contribution is 2.39. The number of aromatic amines is 1. The minimum Gasteiger partial charge on any atom is -0.508 e. The molecule has 2 aromatic carbocycles. The van der Waals surface area contributed by atoms with Crippen LogP contribution in [0.1, 0.15) is 141 Å². The van der Waals surface area contributed by atoms with E-state index >= 15 is 4.39 Å². The Hall–Kier alpha value is -6.11. The summed E-state index contributed by atoms with van der Waals surface area (Å²) >= 11 is 0. The molecule has 2 N–H and O–H groups in total. The molecule has 16 heteroatoms. The van der Waals surface area contributed by atoms with Gasteiger partial charge < -0.3 is 34.1 Å². The Bertz CT molecular complexity index is 2440. The minimum atomic E-state index is -0.989. The normalized spacial score (nSPS) is 15.6. The molecule has 2 aromatic heterocycles. The van der Waals surface area contributed by atoms with Crippen molar-refractivity contribution < 1.29 is 47.3 Å². The predicted octanol–water partition coefficient (Wildman–Crippen LogP) is 8.95. The molecule has 6 rings (SSSR count). The van der Waals surface area contributed by atoms with Crippen molar-refractivity contribution >= 4 is 51.3 Å². The first kappa shape index (κ1) is 50.3. The number of H-pyrrole nitrogens is 1. The monoisotopic (exact) mass is 927 g/mol. The van der Waals surface area contributed by atoms with Crippen LogP contribution in [0.5, 0.6) is 5.75 Å². The first-order chi connectivity index (χ1) is 32.4. The lowest BCUT2D eigenvalue weighted by Gasteiger charge is -2.41. The number of pyridine rings is 1. The van der Waals surface area contributed by atoms with Gasteiger partial charge in [0, 0.05) is 68.0 Å². The standard InChI is InChI=1S/C51H63F2N5O9/c1-4-7-9-11-13-15-19-43(61)65-31-37(32-66-44(62)20-16-14-12-10-8-5-2)67-45(63)21-17-18-42(60)58-34-23-24-35(58)30-57(29-34)50-40-28-54-48(47(53)49(40)55-51(64)56-50)39-27-36(59)26-33-22-25-41(52)38(6-3)46(33)39/h3,22,25-28,34-35,37,59H,4-5,7-21,23-24,29-32H2,1-2H3,(H,55,56,64). The molecule has 2 saturated heterocycles. The van der Waals surface area contributed by atoms with Crippen LogP contribution in [0.2, 0.25) is 0 Å². The van der Waals surface area contributed by atoms with Crippen molar-refractivity contribution in [2.24, 2.45) is 0 Å². The highest BCUT2D eigenvalue weighted by atomic mass is 19.1. The SMILES string of the molecule is C#Cc1c(F)ccc2cc(O)cc(-c3ncc4c(N5CC6CCC(C5)N6C(=O)CCCC(=O)OC(COC(=O)CCCCCCCC)COC(=O)CCCCCCCC)nc(=O)[nH]c4c3F)c12. The van der Waals surface area contributed by atoms with E-state index in [2.05, 4.69) is 34.7 Å². The molecule has 67 heavy (non-hydrogen) atoms. The summed E-state index contributed by atoms with van der Waals surface area (Å²) in [6.07, 6.45) is 20.2.